The molecular formula is C17H26ClN3. The second-order valence-corrected chi connectivity index (χ2v) is 6.64. The lowest BCUT2D eigenvalue weighted by molar-refractivity contribution is 0.248. The number of piperazine rings is 1. The lowest BCUT2D eigenvalue weighted by Gasteiger charge is -2.37. The molecule has 0 radical (unpaired) electrons. The summed E-state index contributed by atoms with van der Waals surface area (Å²) in [5.74, 6) is 0. The third-order valence-corrected chi connectivity index (χ3v) is 4.74. The molecule has 0 spiro atoms. The largest absolute Gasteiger partial charge is 0.369 e. The van der Waals surface area contributed by atoms with Crippen LogP contribution in [0.1, 0.15) is 31.7 Å². The monoisotopic (exact) mass is 307 g/mol. The highest BCUT2D eigenvalue weighted by molar-refractivity contribution is 6.30. The maximum atomic E-state index is 6.23. The Labute approximate surface area is 133 Å². The minimum absolute atomic E-state index is 0.842. The molecule has 1 N–H and O–H groups in total. The van der Waals surface area contributed by atoms with Gasteiger partial charge in [0.05, 0.1) is 0 Å². The minimum Gasteiger partial charge on any atom is -0.369 e. The number of anilines is 1. The summed E-state index contributed by atoms with van der Waals surface area (Å²) in [7, 11) is 0. The number of hydrogen-bond donors (Lipinski definition) is 1. The molecular weight excluding hydrogens is 282 g/mol. The van der Waals surface area contributed by atoms with Gasteiger partial charge in [0, 0.05) is 49.5 Å². The summed E-state index contributed by atoms with van der Waals surface area (Å²) < 4.78 is 0. The number of rotatable bonds is 6. The van der Waals surface area contributed by atoms with Crippen LogP contribution in [0.3, 0.4) is 0 Å². The van der Waals surface area contributed by atoms with Crippen molar-refractivity contribution < 1.29 is 0 Å². The summed E-state index contributed by atoms with van der Waals surface area (Å²) in [6, 6.07) is 7.21. The Morgan fingerprint density at radius 1 is 1.19 bits per heavy atom. The summed E-state index contributed by atoms with van der Waals surface area (Å²) in [4.78, 5) is 5.16. The van der Waals surface area contributed by atoms with Crippen molar-refractivity contribution in [2.45, 2.75) is 38.8 Å². The number of hydrogen-bond acceptors (Lipinski definition) is 3. The van der Waals surface area contributed by atoms with E-state index in [1.54, 1.807) is 0 Å². The van der Waals surface area contributed by atoms with E-state index in [9.17, 15) is 0 Å². The average Bonchev–Trinajstić information content (AvgIpc) is 3.34. The van der Waals surface area contributed by atoms with Crippen molar-refractivity contribution in [3.05, 3.63) is 28.8 Å². The highest BCUT2D eigenvalue weighted by Gasteiger charge is 2.31. The first kappa shape index (κ1) is 15.1. The van der Waals surface area contributed by atoms with Crippen LogP contribution in [-0.4, -0.2) is 43.7 Å². The zero-order chi connectivity index (χ0) is 14.7. The number of nitrogens with one attached hydrogen (secondary N) is 1. The lowest BCUT2D eigenvalue weighted by Crippen LogP contribution is -2.47. The molecule has 1 aromatic rings. The quantitative estimate of drug-likeness (QED) is 0.815. The van der Waals surface area contributed by atoms with Crippen LogP contribution in [0.5, 0.6) is 0 Å². The van der Waals surface area contributed by atoms with E-state index in [1.807, 2.05) is 6.07 Å². The highest BCUT2D eigenvalue weighted by Crippen LogP contribution is 2.30. The van der Waals surface area contributed by atoms with Crippen molar-refractivity contribution in [1.29, 1.82) is 0 Å². The van der Waals surface area contributed by atoms with E-state index in [0.29, 0.717) is 0 Å². The first-order valence-corrected chi connectivity index (χ1v) is 8.64. The van der Waals surface area contributed by atoms with Crippen LogP contribution >= 0.6 is 11.6 Å². The van der Waals surface area contributed by atoms with Crippen LogP contribution < -0.4 is 10.2 Å². The maximum Gasteiger partial charge on any atom is 0.0427 e. The molecule has 0 unspecified atom stereocenters. The normalized spacial score (nSPS) is 20.0. The van der Waals surface area contributed by atoms with Gasteiger partial charge in [-0.05, 0) is 43.5 Å². The van der Waals surface area contributed by atoms with Crippen LogP contribution in [0.25, 0.3) is 0 Å². The Hall–Kier alpha value is -0.770. The van der Waals surface area contributed by atoms with Crippen LogP contribution in [0.15, 0.2) is 18.2 Å². The zero-order valence-electron chi connectivity index (χ0n) is 12.9. The van der Waals surface area contributed by atoms with Gasteiger partial charge in [0.15, 0.2) is 0 Å². The van der Waals surface area contributed by atoms with Crippen LogP contribution in [0.2, 0.25) is 5.02 Å². The zero-order valence-corrected chi connectivity index (χ0v) is 13.7. The minimum atomic E-state index is 0.842. The summed E-state index contributed by atoms with van der Waals surface area (Å²) >= 11 is 6.23. The first-order chi connectivity index (χ1) is 10.3. The molecule has 0 bridgehead atoms. The molecule has 116 valence electrons. The van der Waals surface area contributed by atoms with Crippen molar-refractivity contribution >= 4 is 17.3 Å². The lowest BCUT2D eigenvalue weighted by atomic mass is 10.1. The molecule has 1 saturated heterocycles. The molecule has 1 aliphatic carbocycles. The van der Waals surface area contributed by atoms with Crippen molar-refractivity contribution in [3.63, 3.8) is 0 Å². The van der Waals surface area contributed by atoms with E-state index in [0.717, 1.165) is 37.2 Å². The highest BCUT2D eigenvalue weighted by atomic mass is 35.5. The van der Waals surface area contributed by atoms with E-state index in [1.165, 1.54) is 43.6 Å². The van der Waals surface area contributed by atoms with Crippen LogP contribution in [0.4, 0.5) is 5.69 Å². The Bertz CT molecular complexity index is 465. The number of nitrogens with zero attached hydrogens (tertiary/aromatic N) is 2. The second kappa shape index (κ2) is 6.99. The molecule has 3 nitrogen and oxygen atoms in total. The predicted octanol–water partition coefficient (Wildman–Crippen LogP) is 3.12. The average molecular weight is 308 g/mol. The van der Waals surface area contributed by atoms with E-state index < -0.39 is 0 Å². The van der Waals surface area contributed by atoms with Gasteiger partial charge >= 0.3 is 0 Å². The first-order valence-electron chi connectivity index (χ1n) is 8.26. The summed E-state index contributed by atoms with van der Waals surface area (Å²) in [6.07, 6.45) is 3.98. The summed E-state index contributed by atoms with van der Waals surface area (Å²) in [6.45, 7) is 8.83. The van der Waals surface area contributed by atoms with Gasteiger partial charge in [0.2, 0.25) is 0 Å². The Kier molecular flexibility index (Phi) is 5.04. The molecule has 21 heavy (non-hydrogen) atoms. The molecule has 1 aromatic carbocycles. The predicted molar refractivity (Wildman–Crippen MR) is 90.3 cm³/mol. The van der Waals surface area contributed by atoms with Gasteiger partial charge in [-0.3, -0.25) is 4.90 Å². The third-order valence-electron chi connectivity index (χ3n) is 4.51. The molecule has 0 amide bonds. The smallest absolute Gasteiger partial charge is 0.0427 e. The van der Waals surface area contributed by atoms with Crippen LogP contribution in [0, 0.1) is 0 Å². The van der Waals surface area contributed by atoms with Gasteiger partial charge in [0.1, 0.15) is 0 Å². The van der Waals surface area contributed by atoms with E-state index in [2.05, 4.69) is 34.2 Å². The molecule has 0 atom stereocenters. The Morgan fingerprint density at radius 2 is 1.95 bits per heavy atom. The fourth-order valence-electron chi connectivity index (χ4n) is 3.15. The summed E-state index contributed by atoms with van der Waals surface area (Å²) in [5.41, 5.74) is 2.69. The second-order valence-electron chi connectivity index (χ2n) is 6.20. The third kappa shape index (κ3) is 3.91. The number of benzene rings is 1. The molecule has 1 saturated carbocycles. The molecule has 2 fully saturated rings. The molecule has 1 aliphatic heterocycles. The van der Waals surface area contributed by atoms with E-state index >= 15 is 0 Å². The van der Waals surface area contributed by atoms with Crippen molar-refractivity contribution in [2.75, 3.05) is 37.6 Å². The van der Waals surface area contributed by atoms with Gasteiger partial charge in [-0.15, -0.1) is 0 Å². The van der Waals surface area contributed by atoms with Crippen molar-refractivity contribution in [1.82, 2.24) is 10.2 Å². The standard InChI is InChI=1S/C17H26ClN3/c1-2-7-19-13-14-3-4-15(18)12-17(14)21-10-8-20(9-11-21)16-5-6-16/h3-4,12,16,19H,2,5-11,13H2,1H3. The van der Waals surface area contributed by atoms with Gasteiger partial charge in [-0.25, -0.2) is 0 Å². The molecule has 1 heterocycles. The van der Waals surface area contributed by atoms with Crippen molar-refractivity contribution in [3.8, 4) is 0 Å². The maximum absolute atomic E-state index is 6.23. The Morgan fingerprint density at radius 3 is 2.62 bits per heavy atom. The number of halogens is 1. The molecule has 2 aliphatic rings. The summed E-state index contributed by atoms with van der Waals surface area (Å²) in [5, 5.41) is 4.35. The van der Waals surface area contributed by atoms with Gasteiger partial charge in [0.25, 0.3) is 0 Å². The van der Waals surface area contributed by atoms with Gasteiger partial charge in [-0.2, -0.15) is 0 Å². The fraction of sp³-hybridized carbons (Fsp3) is 0.647. The Balaban J connectivity index is 1.66. The fourth-order valence-corrected chi connectivity index (χ4v) is 3.31. The molecule has 3 rings (SSSR count). The van der Waals surface area contributed by atoms with Gasteiger partial charge in [-0.1, -0.05) is 24.6 Å². The van der Waals surface area contributed by atoms with Crippen molar-refractivity contribution in [2.24, 2.45) is 0 Å². The molecule has 4 heteroatoms. The van der Waals surface area contributed by atoms with E-state index in [-0.39, 0.29) is 0 Å². The van der Waals surface area contributed by atoms with Crippen LogP contribution in [-0.2, 0) is 6.54 Å². The van der Waals surface area contributed by atoms with Gasteiger partial charge < -0.3 is 10.2 Å². The van der Waals surface area contributed by atoms with E-state index in [4.69, 9.17) is 11.6 Å². The topological polar surface area (TPSA) is 18.5 Å². The SMILES string of the molecule is CCCNCc1ccc(Cl)cc1N1CCN(C2CC2)CC1. The molecule has 0 aromatic heterocycles.